The van der Waals surface area contributed by atoms with Gasteiger partial charge in [0.2, 0.25) is 0 Å². The summed E-state index contributed by atoms with van der Waals surface area (Å²) in [6.07, 6.45) is 0. The molecule has 0 aliphatic rings. The summed E-state index contributed by atoms with van der Waals surface area (Å²) in [6, 6.07) is 13.5. The lowest BCUT2D eigenvalue weighted by Crippen LogP contribution is -2.07. The molecule has 0 saturated carbocycles. The standard InChI is InChI=1S/C12H8N2O2/c15-11-12(16)14(11)13-10-7-3-5-8-4-1-2-6-9(8)10/h1-7,13H. The molecule has 78 valence electrons. The van der Waals surface area contributed by atoms with Crippen LogP contribution in [0.4, 0.5) is 5.69 Å². The zero-order valence-corrected chi connectivity index (χ0v) is 8.31. The summed E-state index contributed by atoms with van der Waals surface area (Å²) in [6.45, 7) is 0. The van der Waals surface area contributed by atoms with Crippen LogP contribution in [-0.2, 0) is 0 Å². The monoisotopic (exact) mass is 212 g/mol. The summed E-state index contributed by atoms with van der Waals surface area (Å²) in [7, 11) is 0. The predicted octanol–water partition coefficient (Wildman–Crippen LogP) is 1.11. The van der Waals surface area contributed by atoms with Crippen molar-refractivity contribution in [1.29, 1.82) is 0 Å². The van der Waals surface area contributed by atoms with Gasteiger partial charge in [-0.05, 0) is 11.5 Å². The second kappa shape index (κ2) is 3.06. The van der Waals surface area contributed by atoms with E-state index in [-0.39, 0.29) is 0 Å². The van der Waals surface area contributed by atoms with Crippen LogP contribution in [0.15, 0.2) is 52.1 Å². The van der Waals surface area contributed by atoms with E-state index < -0.39 is 11.1 Å². The molecule has 0 amide bonds. The maximum Gasteiger partial charge on any atom is 0.340 e. The van der Waals surface area contributed by atoms with Crippen LogP contribution in [-0.4, -0.2) is 4.68 Å². The molecule has 0 radical (unpaired) electrons. The highest BCUT2D eigenvalue weighted by Gasteiger charge is 2.16. The maximum absolute atomic E-state index is 10.9. The van der Waals surface area contributed by atoms with Gasteiger partial charge in [0.25, 0.3) is 0 Å². The fraction of sp³-hybridized carbons (Fsp3) is 0. The maximum atomic E-state index is 10.9. The number of anilines is 1. The first-order valence-electron chi connectivity index (χ1n) is 4.90. The molecule has 1 heterocycles. The number of nitrogens with one attached hydrogen (secondary N) is 1. The Hall–Kier alpha value is -2.36. The van der Waals surface area contributed by atoms with Gasteiger partial charge in [-0.2, -0.15) is 4.68 Å². The molecule has 0 unspecified atom stereocenters. The molecule has 2 aromatic carbocycles. The second-order valence-electron chi connectivity index (χ2n) is 3.58. The van der Waals surface area contributed by atoms with Crippen LogP contribution < -0.4 is 16.5 Å². The molecule has 4 heteroatoms. The van der Waals surface area contributed by atoms with E-state index in [9.17, 15) is 9.59 Å². The summed E-state index contributed by atoms with van der Waals surface area (Å²) in [5, 5.41) is 2.05. The van der Waals surface area contributed by atoms with Crippen molar-refractivity contribution in [2.24, 2.45) is 0 Å². The van der Waals surface area contributed by atoms with Crippen molar-refractivity contribution in [2.75, 3.05) is 5.43 Å². The van der Waals surface area contributed by atoms with E-state index in [1.165, 1.54) is 0 Å². The molecule has 1 N–H and O–H groups in total. The van der Waals surface area contributed by atoms with Crippen molar-refractivity contribution in [3.05, 3.63) is 63.2 Å². The van der Waals surface area contributed by atoms with Crippen molar-refractivity contribution < 1.29 is 0 Å². The molecule has 0 atom stereocenters. The molecule has 0 fully saturated rings. The number of benzene rings is 2. The highest BCUT2D eigenvalue weighted by Crippen LogP contribution is 2.22. The van der Waals surface area contributed by atoms with E-state index in [4.69, 9.17) is 0 Å². The quantitative estimate of drug-likeness (QED) is 0.647. The lowest BCUT2D eigenvalue weighted by Gasteiger charge is -2.05. The molecule has 0 saturated heterocycles. The fourth-order valence-electron chi connectivity index (χ4n) is 1.68. The lowest BCUT2D eigenvalue weighted by atomic mass is 10.1. The van der Waals surface area contributed by atoms with Gasteiger partial charge in [-0.15, -0.1) is 0 Å². The number of rotatable bonds is 2. The lowest BCUT2D eigenvalue weighted by molar-refractivity contribution is 1.05. The minimum atomic E-state index is -0.493. The smallest absolute Gasteiger partial charge is 0.287 e. The molecule has 3 aromatic rings. The van der Waals surface area contributed by atoms with E-state index in [1.807, 2.05) is 42.5 Å². The molecule has 0 bridgehead atoms. The summed E-state index contributed by atoms with van der Waals surface area (Å²) in [5.74, 6) is 0. The first-order chi connectivity index (χ1) is 7.77. The van der Waals surface area contributed by atoms with Crippen molar-refractivity contribution in [2.45, 2.75) is 0 Å². The van der Waals surface area contributed by atoms with Gasteiger partial charge in [0.1, 0.15) is 0 Å². The van der Waals surface area contributed by atoms with E-state index in [1.54, 1.807) is 0 Å². The zero-order chi connectivity index (χ0) is 11.1. The Balaban J connectivity index is 2.13. The number of fused-ring (bicyclic) bond motifs is 1. The van der Waals surface area contributed by atoms with Gasteiger partial charge >= 0.3 is 11.1 Å². The van der Waals surface area contributed by atoms with Gasteiger partial charge in [0, 0.05) is 5.39 Å². The topological polar surface area (TPSA) is 51.1 Å². The minimum Gasteiger partial charge on any atom is -0.287 e. The summed E-state index contributed by atoms with van der Waals surface area (Å²) in [4.78, 5) is 21.7. The molecule has 16 heavy (non-hydrogen) atoms. The average molecular weight is 212 g/mol. The summed E-state index contributed by atoms with van der Waals surface area (Å²) in [5.41, 5.74) is 2.57. The van der Waals surface area contributed by atoms with Gasteiger partial charge in [-0.3, -0.25) is 15.0 Å². The van der Waals surface area contributed by atoms with E-state index in [0.717, 1.165) is 21.1 Å². The molecule has 1 aromatic heterocycles. The Bertz CT molecular complexity index is 705. The highest BCUT2D eigenvalue weighted by molar-refractivity contribution is 5.93. The van der Waals surface area contributed by atoms with Crippen molar-refractivity contribution >= 4 is 16.5 Å². The minimum absolute atomic E-state index is 0.493. The van der Waals surface area contributed by atoms with Gasteiger partial charge in [-0.25, -0.2) is 0 Å². The van der Waals surface area contributed by atoms with Gasteiger partial charge in [0.15, 0.2) is 0 Å². The van der Waals surface area contributed by atoms with Crippen molar-refractivity contribution in [3.63, 3.8) is 0 Å². The van der Waals surface area contributed by atoms with Crippen LogP contribution >= 0.6 is 0 Å². The largest absolute Gasteiger partial charge is 0.340 e. The number of hydrogen-bond donors (Lipinski definition) is 1. The van der Waals surface area contributed by atoms with Gasteiger partial charge in [0.05, 0.1) is 5.69 Å². The van der Waals surface area contributed by atoms with Crippen LogP contribution in [0.5, 0.6) is 0 Å². The van der Waals surface area contributed by atoms with Gasteiger partial charge < -0.3 is 0 Å². The third-order valence-corrected chi connectivity index (χ3v) is 2.56. The number of aromatic nitrogens is 1. The number of hydrogen-bond acceptors (Lipinski definition) is 3. The molecule has 0 aliphatic heterocycles. The number of nitrogens with zero attached hydrogens (tertiary/aromatic N) is 1. The first-order valence-corrected chi connectivity index (χ1v) is 4.90. The normalized spacial score (nSPS) is 11.0. The predicted molar refractivity (Wildman–Crippen MR) is 62.3 cm³/mol. The SMILES string of the molecule is O=c1c(=O)n1Nc1cccc2ccccc12. The van der Waals surface area contributed by atoms with Crippen LogP contribution in [0.1, 0.15) is 0 Å². The average Bonchev–Trinajstić information content (AvgIpc) is 2.88. The van der Waals surface area contributed by atoms with Crippen molar-refractivity contribution in [3.8, 4) is 0 Å². The Labute approximate surface area is 90.4 Å². The Morgan fingerprint density at radius 1 is 0.875 bits per heavy atom. The van der Waals surface area contributed by atoms with Gasteiger partial charge in [-0.1, -0.05) is 36.4 Å². The molecular formula is C12H8N2O2. The zero-order valence-electron chi connectivity index (χ0n) is 8.31. The second-order valence-corrected chi connectivity index (χ2v) is 3.58. The van der Waals surface area contributed by atoms with Crippen LogP contribution in [0.2, 0.25) is 0 Å². The Kier molecular flexibility index (Phi) is 1.71. The van der Waals surface area contributed by atoms with E-state index >= 15 is 0 Å². The fourth-order valence-corrected chi connectivity index (χ4v) is 1.68. The molecule has 4 nitrogen and oxygen atoms in total. The Morgan fingerprint density at radius 2 is 1.56 bits per heavy atom. The van der Waals surface area contributed by atoms with Crippen molar-refractivity contribution in [1.82, 2.24) is 4.68 Å². The van der Waals surface area contributed by atoms with E-state index in [2.05, 4.69) is 5.43 Å². The molecule has 3 rings (SSSR count). The summed E-state index contributed by atoms with van der Waals surface area (Å²) < 4.78 is 1.00. The molecule has 0 aliphatic carbocycles. The van der Waals surface area contributed by atoms with Crippen LogP contribution in [0, 0.1) is 0 Å². The highest BCUT2D eigenvalue weighted by atomic mass is 16.2. The van der Waals surface area contributed by atoms with Crippen LogP contribution in [0.25, 0.3) is 10.8 Å². The third kappa shape index (κ3) is 1.24. The first kappa shape index (κ1) is 8.91. The molecular weight excluding hydrogens is 204 g/mol. The summed E-state index contributed by atoms with van der Waals surface area (Å²) >= 11 is 0. The third-order valence-electron chi connectivity index (χ3n) is 2.56. The van der Waals surface area contributed by atoms with E-state index in [0.29, 0.717) is 0 Å². The Morgan fingerprint density at radius 3 is 2.31 bits per heavy atom. The van der Waals surface area contributed by atoms with Crippen LogP contribution in [0.3, 0.4) is 0 Å². The molecule has 0 spiro atoms.